The molecule has 5 heteroatoms. The van der Waals surface area contributed by atoms with Gasteiger partial charge >= 0.3 is 5.76 Å². The van der Waals surface area contributed by atoms with Crippen LogP contribution in [0.15, 0.2) is 0 Å². The standard InChI is InChI=1S/CH3F2NOS/c2-1(3)6(4)5/h1,4,6H. The van der Waals surface area contributed by atoms with Gasteiger partial charge in [-0.25, -0.2) is 4.21 Å². The van der Waals surface area contributed by atoms with Gasteiger partial charge in [0.1, 0.15) is 0 Å². The molecule has 0 saturated heterocycles. The first-order chi connectivity index (χ1) is 2.64. The van der Waals surface area contributed by atoms with Crippen LogP contribution in [-0.4, -0.2) is 9.97 Å². The fourth-order valence-electron chi connectivity index (χ4n) is 0. The maximum absolute atomic E-state index is 10.7. The zero-order valence-corrected chi connectivity index (χ0v) is 3.58. The Balaban J connectivity index is 3.57. The van der Waals surface area contributed by atoms with E-state index in [0.29, 0.717) is 0 Å². The largest absolute Gasteiger partial charge is 0.316 e. The molecule has 0 aliphatic heterocycles. The van der Waals surface area contributed by atoms with Crippen molar-refractivity contribution in [3.63, 3.8) is 0 Å². The summed E-state index contributed by atoms with van der Waals surface area (Å²) in [5, 5.41) is 0. The fraction of sp³-hybridized carbons (Fsp3) is 1.00. The topological polar surface area (TPSA) is 40.9 Å². The van der Waals surface area contributed by atoms with E-state index < -0.39 is 16.4 Å². The molecule has 0 aromatic carbocycles. The molecule has 0 aliphatic carbocycles. The second-order valence-corrected chi connectivity index (χ2v) is 1.65. The summed E-state index contributed by atoms with van der Waals surface area (Å²) in [4.78, 5) is 0. The molecule has 0 amide bonds. The van der Waals surface area contributed by atoms with Crippen molar-refractivity contribution in [2.24, 2.45) is 0 Å². The third-order valence-corrected chi connectivity index (χ3v) is 0.532. The van der Waals surface area contributed by atoms with E-state index in [9.17, 15) is 13.0 Å². The van der Waals surface area contributed by atoms with Crippen LogP contribution in [0.3, 0.4) is 0 Å². The molecule has 0 bridgehead atoms. The number of halogens is 2. The number of rotatable bonds is 1. The molecule has 0 aromatic rings. The van der Waals surface area contributed by atoms with Crippen LogP contribution in [0.25, 0.3) is 0 Å². The molecule has 6 heavy (non-hydrogen) atoms. The van der Waals surface area contributed by atoms with Crippen LogP contribution in [0.4, 0.5) is 8.78 Å². The van der Waals surface area contributed by atoms with Crippen molar-refractivity contribution in [2.75, 3.05) is 0 Å². The van der Waals surface area contributed by atoms with E-state index in [0.717, 1.165) is 0 Å². The van der Waals surface area contributed by atoms with Gasteiger partial charge in [-0.3, -0.25) is 4.78 Å². The number of alkyl halides is 2. The molecule has 1 N–H and O–H groups in total. The lowest BCUT2D eigenvalue weighted by atomic mass is 11.7. The minimum atomic E-state index is -2.99. The van der Waals surface area contributed by atoms with Crippen LogP contribution >= 0.6 is 0 Å². The Hall–Kier alpha value is -0.190. The van der Waals surface area contributed by atoms with Crippen molar-refractivity contribution in [2.45, 2.75) is 5.76 Å². The van der Waals surface area contributed by atoms with E-state index in [1.807, 2.05) is 0 Å². The summed E-state index contributed by atoms with van der Waals surface area (Å²) in [6, 6.07) is 0. The minimum absolute atomic E-state index is 2.97. The van der Waals surface area contributed by atoms with Crippen molar-refractivity contribution in [3.05, 3.63) is 0 Å². The molecular weight excluding hydrogens is 112 g/mol. The van der Waals surface area contributed by atoms with Crippen molar-refractivity contribution in [1.29, 1.82) is 4.78 Å². The Morgan fingerprint density at radius 1 is 1.67 bits per heavy atom. The predicted octanol–water partition coefficient (Wildman–Crippen LogP) is 0.452. The molecule has 0 aliphatic rings. The highest BCUT2D eigenvalue weighted by molar-refractivity contribution is 7.73. The Morgan fingerprint density at radius 2 is 1.83 bits per heavy atom. The Kier molecular flexibility index (Phi) is 2.00. The number of thiol groups is 1. The molecule has 0 rings (SSSR count). The van der Waals surface area contributed by atoms with Crippen LogP contribution in [0.2, 0.25) is 0 Å². The summed E-state index contributed by atoms with van der Waals surface area (Å²) in [6.45, 7) is 0. The van der Waals surface area contributed by atoms with Gasteiger partial charge < -0.3 is 0 Å². The zero-order chi connectivity index (χ0) is 5.15. The molecule has 1 unspecified atom stereocenters. The van der Waals surface area contributed by atoms with Crippen LogP contribution in [-0.2, 0) is 10.6 Å². The van der Waals surface area contributed by atoms with E-state index in [-0.39, 0.29) is 0 Å². The zero-order valence-electron chi connectivity index (χ0n) is 2.69. The summed E-state index contributed by atoms with van der Waals surface area (Å²) < 4.78 is 36.4. The van der Waals surface area contributed by atoms with Gasteiger partial charge in [-0.15, -0.1) is 0 Å². The Morgan fingerprint density at radius 3 is 1.83 bits per heavy atom. The summed E-state index contributed by atoms with van der Waals surface area (Å²) >= 11 is 0. The summed E-state index contributed by atoms with van der Waals surface area (Å²) in [5.74, 6) is -2.97. The highest BCUT2D eigenvalue weighted by Gasteiger charge is 1.96. The SMILES string of the molecule is N=[SH](=O)C(F)F. The van der Waals surface area contributed by atoms with Crippen LogP contribution in [0, 0.1) is 4.78 Å². The maximum atomic E-state index is 10.7. The Labute approximate surface area is 35.2 Å². The second kappa shape index (κ2) is 2.07. The molecule has 0 spiro atoms. The fourth-order valence-corrected chi connectivity index (χ4v) is 0. The number of hydrogen-bond acceptors (Lipinski definition) is 2. The quantitative estimate of drug-likeness (QED) is 0.478. The molecule has 0 heterocycles. The van der Waals surface area contributed by atoms with Crippen LogP contribution < -0.4 is 0 Å². The van der Waals surface area contributed by atoms with E-state index in [1.165, 1.54) is 0 Å². The molecule has 0 saturated carbocycles. The van der Waals surface area contributed by atoms with Gasteiger partial charge in [0.2, 0.25) is 0 Å². The molecular formula is CH3F2NOS. The normalized spacial score (nSPS) is 15.2. The van der Waals surface area contributed by atoms with Gasteiger partial charge in [0.05, 0.1) is 10.6 Å². The minimum Gasteiger partial charge on any atom is -0.251 e. The lowest BCUT2D eigenvalue weighted by Gasteiger charge is -1.77. The Bertz CT molecular complexity index is 89.7. The highest BCUT2D eigenvalue weighted by atomic mass is 32.2. The molecule has 1 atom stereocenters. The van der Waals surface area contributed by atoms with Crippen molar-refractivity contribution < 1.29 is 13.0 Å². The molecule has 38 valence electrons. The molecule has 0 fully saturated rings. The third kappa shape index (κ3) is 2.07. The first-order valence-corrected chi connectivity index (χ1v) is 2.43. The first-order valence-electron chi connectivity index (χ1n) is 1.10. The summed E-state index contributed by atoms with van der Waals surface area (Å²) in [6.07, 6.45) is 0. The molecule has 2 nitrogen and oxygen atoms in total. The monoisotopic (exact) mass is 115 g/mol. The van der Waals surface area contributed by atoms with Crippen LogP contribution in [0.1, 0.15) is 0 Å². The van der Waals surface area contributed by atoms with Gasteiger partial charge in [0.15, 0.2) is 0 Å². The molecule has 0 aromatic heterocycles. The average Bonchev–Trinajstić information content (AvgIpc) is 1.36. The van der Waals surface area contributed by atoms with Gasteiger partial charge in [0.25, 0.3) is 0 Å². The summed E-state index contributed by atoms with van der Waals surface area (Å²) in [5.41, 5.74) is 0. The first kappa shape index (κ1) is 5.81. The molecule has 0 radical (unpaired) electrons. The van der Waals surface area contributed by atoms with Crippen molar-refractivity contribution in [3.8, 4) is 0 Å². The predicted molar refractivity (Wildman–Crippen MR) is 18.3 cm³/mol. The lowest BCUT2D eigenvalue weighted by molar-refractivity contribution is 0.245. The summed E-state index contributed by atoms with van der Waals surface area (Å²) in [7, 11) is -2.99. The van der Waals surface area contributed by atoms with Crippen molar-refractivity contribution in [1.82, 2.24) is 0 Å². The van der Waals surface area contributed by atoms with Gasteiger partial charge in [-0.05, 0) is 0 Å². The van der Waals surface area contributed by atoms with E-state index in [2.05, 4.69) is 0 Å². The van der Waals surface area contributed by atoms with Crippen molar-refractivity contribution >= 4 is 10.6 Å². The van der Waals surface area contributed by atoms with E-state index >= 15 is 0 Å². The van der Waals surface area contributed by atoms with E-state index in [4.69, 9.17) is 4.78 Å². The lowest BCUT2D eigenvalue weighted by Crippen LogP contribution is -1.86. The number of nitrogens with one attached hydrogen (secondary N) is 1. The maximum Gasteiger partial charge on any atom is 0.316 e. The third-order valence-electron chi connectivity index (χ3n) is 0.177. The highest BCUT2D eigenvalue weighted by Crippen LogP contribution is 1.89. The number of hydrogen-bond donors (Lipinski definition) is 2. The van der Waals surface area contributed by atoms with Gasteiger partial charge in [0, 0.05) is 0 Å². The van der Waals surface area contributed by atoms with Gasteiger partial charge in [-0.2, -0.15) is 8.78 Å². The van der Waals surface area contributed by atoms with E-state index in [1.54, 1.807) is 0 Å². The average molecular weight is 115 g/mol. The second-order valence-electron chi connectivity index (χ2n) is 0.603. The van der Waals surface area contributed by atoms with Crippen LogP contribution in [0.5, 0.6) is 0 Å². The van der Waals surface area contributed by atoms with Gasteiger partial charge in [-0.1, -0.05) is 0 Å². The smallest absolute Gasteiger partial charge is 0.251 e.